The number of benzene rings is 2. The van der Waals surface area contributed by atoms with Crippen LogP contribution < -0.4 is 9.47 Å². The fraction of sp³-hybridized carbons (Fsp3) is 0.629. The summed E-state index contributed by atoms with van der Waals surface area (Å²) in [7, 11) is 1.74. The van der Waals surface area contributed by atoms with Gasteiger partial charge in [0.1, 0.15) is 6.10 Å². The van der Waals surface area contributed by atoms with Gasteiger partial charge in [-0.1, -0.05) is 42.8 Å². The van der Waals surface area contributed by atoms with E-state index in [-0.39, 0.29) is 29.6 Å². The van der Waals surface area contributed by atoms with E-state index in [1.54, 1.807) is 7.11 Å². The monoisotopic (exact) mass is 558 g/mol. The fourth-order valence-electron chi connectivity index (χ4n) is 9.19. The summed E-state index contributed by atoms with van der Waals surface area (Å²) in [5.74, 6) is 3.01. The van der Waals surface area contributed by atoms with Crippen LogP contribution in [0.25, 0.3) is 0 Å². The van der Waals surface area contributed by atoms with E-state index in [9.17, 15) is 9.90 Å². The van der Waals surface area contributed by atoms with Gasteiger partial charge in [0.15, 0.2) is 11.5 Å². The Labute approximate surface area is 245 Å². The number of likely N-dealkylation sites (N-methyl/N-ethyl adjacent to an activating group) is 1. The average Bonchev–Trinajstić information content (AvgIpc) is 3.57. The molecule has 2 heterocycles. The number of methoxy groups -OCH3 is 1. The second kappa shape index (κ2) is 10.9. The lowest BCUT2D eigenvalue weighted by atomic mass is 9.51. The Kier molecular flexibility index (Phi) is 7.27. The van der Waals surface area contributed by atoms with Crippen LogP contribution in [0.2, 0.25) is 0 Å². The van der Waals surface area contributed by atoms with Gasteiger partial charge >= 0.3 is 0 Å². The minimum atomic E-state index is -0.113. The van der Waals surface area contributed by atoms with Crippen LogP contribution in [0, 0.1) is 11.8 Å². The molecular formula is C35H46N2O4. The second-order valence-corrected chi connectivity index (χ2v) is 13.3. The van der Waals surface area contributed by atoms with E-state index in [2.05, 4.69) is 59.2 Å². The lowest BCUT2D eigenvalue weighted by Crippen LogP contribution is -2.69. The molecule has 2 aliphatic heterocycles. The average molecular weight is 559 g/mol. The molecule has 1 spiro atoms. The Hall–Kier alpha value is -2.57. The summed E-state index contributed by atoms with van der Waals surface area (Å²) in [6.45, 7) is 4.91. The Balaban J connectivity index is 1.10. The molecule has 5 aliphatic rings. The van der Waals surface area contributed by atoms with Gasteiger partial charge in [-0.2, -0.15) is 0 Å². The number of carbonyl (C=O) groups is 1. The normalized spacial score (nSPS) is 32.7. The van der Waals surface area contributed by atoms with Crippen LogP contribution in [0.5, 0.6) is 11.5 Å². The summed E-state index contributed by atoms with van der Waals surface area (Å²) in [5, 5.41) is 10.1. The van der Waals surface area contributed by atoms with Gasteiger partial charge in [0.2, 0.25) is 5.91 Å². The molecule has 41 heavy (non-hydrogen) atoms. The number of carbonyl (C=O) groups excluding carboxylic acids is 1. The predicted molar refractivity (Wildman–Crippen MR) is 159 cm³/mol. The molecule has 3 aliphatic carbocycles. The van der Waals surface area contributed by atoms with Crippen molar-refractivity contribution in [3.8, 4) is 11.5 Å². The first-order valence-corrected chi connectivity index (χ1v) is 16.2. The summed E-state index contributed by atoms with van der Waals surface area (Å²) in [4.78, 5) is 18.6. The molecule has 2 saturated carbocycles. The molecule has 0 radical (unpaired) electrons. The zero-order chi connectivity index (χ0) is 28.1. The molecule has 1 saturated heterocycles. The maximum atomic E-state index is 13.7. The van der Waals surface area contributed by atoms with Crippen molar-refractivity contribution in [1.82, 2.24) is 9.80 Å². The summed E-state index contributed by atoms with van der Waals surface area (Å²) in [6, 6.07) is 15.6. The number of amides is 1. The van der Waals surface area contributed by atoms with Crippen molar-refractivity contribution < 1.29 is 19.4 Å². The van der Waals surface area contributed by atoms with Gasteiger partial charge in [0.05, 0.1) is 19.3 Å². The first-order valence-electron chi connectivity index (χ1n) is 16.2. The molecular weight excluding hydrogens is 512 g/mol. The van der Waals surface area contributed by atoms with E-state index in [0.717, 1.165) is 88.9 Å². The van der Waals surface area contributed by atoms with E-state index in [1.807, 2.05) is 0 Å². The Bertz CT molecular complexity index is 1270. The molecule has 1 amide bonds. The number of ether oxygens (including phenoxy) is 2. The van der Waals surface area contributed by atoms with E-state index >= 15 is 0 Å². The molecule has 1 N–H and O–H groups in total. The number of aliphatic hydroxyl groups excluding tert-OH is 1. The molecule has 7 rings (SSSR count). The van der Waals surface area contributed by atoms with Gasteiger partial charge in [-0.25, -0.2) is 0 Å². The lowest BCUT2D eigenvalue weighted by Gasteiger charge is -2.60. The second-order valence-electron chi connectivity index (χ2n) is 13.3. The first-order chi connectivity index (χ1) is 20.0. The standard InChI is InChI=1S/C35H46N2O4/c1-3-37(31(39)13-9-5-8-12-23-10-6-4-7-11-23)27-16-15-26-28-20-24-14-17-30(40-2)33-32(24)35(26,34(27)41-33)18-19-36(28)22-25-21-29(25)38/h4,6-7,10-11,14,17,25-29,34,38H,3,5,8-9,12-13,15-16,18-22H2,1-2H3/t25?,26-,27+,28+,29?,34-,35-/m0/s1. The number of piperidine rings is 1. The van der Waals surface area contributed by atoms with Crippen molar-refractivity contribution in [2.75, 3.05) is 26.7 Å². The van der Waals surface area contributed by atoms with Crippen molar-refractivity contribution in [3.05, 3.63) is 59.2 Å². The molecule has 6 heteroatoms. The Morgan fingerprint density at radius 2 is 1.98 bits per heavy atom. The number of unbranched alkanes of at least 4 members (excludes halogenated alkanes) is 2. The van der Waals surface area contributed by atoms with Crippen LogP contribution >= 0.6 is 0 Å². The van der Waals surface area contributed by atoms with Gasteiger partial charge in [-0.15, -0.1) is 0 Å². The topological polar surface area (TPSA) is 62.2 Å². The largest absolute Gasteiger partial charge is 0.493 e. The quantitative estimate of drug-likeness (QED) is 0.387. The van der Waals surface area contributed by atoms with Gasteiger partial charge in [-0.05, 0) is 87.9 Å². The molecule has 7 atom stereocenters. The third-order valence-electron chi connectivity index (χ3n) is 11.2. The molecule has 2 aromatic carbocycles. The fourth-order valence-corrected chi connectivity index (χ4v) is 9.19. The van der Waals surface area contributed by atoms with Gasteiger partial charge in [0, 0.05) is 42.4 Å². The highest BCUT2D eigenvalue weighted by molar-refractivity contribution is 5.77. The van der Waals surface area contributed by atoms with E-state index < -0.39 is 0 Å². The summed E-state index contributed by atoms with van der Waals surface area (Å²) in [5.41, 5.74) is 4.11. The molecule has 2 aromatic rings. The highest BCUT2D eigenvalue weighted by Crippen LogP contribution is 2.64. The van der Waals surface area contributed by atoms with Gasteiger partial charge in [-0.3, -0.25) is 9.69 Å². The number of rotatable bonds is 11. The van der Waals surface area contributed by atoms with Crippen LogP contribution in [-0.4, -0.2) is 71.8 Å². The highest BCUT2D eigenvalue weighted by atomic mass is 16.5. The third-order valence-corrected chi connectivity index (χ3v) is 11.2. The van der Waals surface area contributed by atoms with Crippen LogP contribution in [0.15, 0.2) is 42.5 Å². The van der Waals surface area contributed by atoms with Gasteiger partial charge < -0.3 is 19.5 Å². The number of hydrogen-bond donors (Lipinski definition) is 1. The minimum Gasteiger partial charge on any atom is -0.493 e. The predicted octanol–water partition coefficient (Wildman–Crippen LogP) is 5.14. The SMILES string of the molecule is CCN(C(=O)CCCCCc1ccccc1)[C@@H]1CC[C@H]2[C@H]3Cc4ccc(OC)c5c4[C@@]2(CCN3CC2CC2O)[C@H]1O5. The number of hydrogen-bond acceptors (Lipinski definition) is 5. The van der Waals surface area contributed by atoms with E-state index in [4.69, 9.17) is 9.47 Å². The van der Waals surface area contributed by atoms with Crippen LogP contribution in [-0.2, 0) is 23.1 Å². The zero-order valence-electron chi connectivity index (χ0n) is 24.8. The van der Waals surface area contributed by atoms with Crippen LogP contribution in [0.3, 0.4) is 0 Å². The Morgan fingerprint density at radius 1 is 1.15 bits per heavy atom. The molecule has 2 bridgehead atoms. The molecule has 2 unspecified atom stereocenters. The highest BCUT2D eigenvalue weighted by Gasteiger charge is 2.66. The maximum Gasteiger partial charge on any atom is 0.222 e. The van der Waals surface area contributed by atoms with Gasteiger partial charge in [0.25, 0.3) is 0 Å². The maximum absolute atomic E-state index is 13.7. The third kappa shape index (κ3) is 4.57. The molecule has 3 fully saturated rings. The van der Waals surface area contributed by atoms with Crippen molar-refractivity contribution in [2.24, 2.45) is 11.8 Å². The molecule has 0 aromatic heterocycles. The lowest BCUT2D eigenvalue weighted by molar-refractivity contribution is -0.142. The number of aliphatic hydroxyl groups is 1. The Morgan fingerprint density at radius 3 is 2.73 bits per heavy atom. The van der Waals surface area contributed by atoms with E-state index in [1.165, 1.54) is 16.7 Å². The number of nitrogens with zero attached hydrogens (tertiary/aromatic N) is 2. The molecule has 220 valence electrons. The van der Waals surface area contributed by atoms with Crippen molar-refractivity contribution in [3.63, 3.8) is 0 Å². The number of likely N-dealkylation sites (tertiary alicyclic amines) is 1. The zero-order valence-corrected chi connectivity index (χ0v) is 24.8. The van der Waals surface area contributed by atoms with Crippen molar-refractivity contribution in [2.45, 2.75) is 101 Å². The minimum absolute atomic E-state index is 0.0234. The first kappa shape index (κ1) is 27.3. The van der Waals surface area contributed by atoms with Crippen LogP contribution in [0.1, 0.15) is 75.0 Å². The van der Waals surface area contributed by atoms with Crippen LogP contribution in [0.4, 0.5) is 0 Å². The van der Waals surface area contributed by atoms with E-state index in [0.29, 0.717) is 24.3 Å². The summed E-state index contributed by atoms with van der Waals surface area (Å²) < 4.78 is 12.8. The molecule has 6 nitrogen and oxygen atoms in total. The van der Waals surface area contributed by atoms with Crippen molar-refractivity contribution in [1.29, 1.82) is 0 Å². The summed E-state index contributed by atoms with van der Waals surface area (Å²) in [6.07, 6.45) is 9.86. The smallest absolute Gasteiger partial charge is 0.222 e. The summed E-state index contributed by atoms with van der Waals surface area (Å²) >= 11 is 0. The number of aryl methyl sites for hydroxylation is 1. The van der Waals surface area contributed by atoms with Crippen molar-refractivity contribution >= 4 is 5.91 Å².